The molecule has 1 unspecified atom stereocenters. The zero-order valence-electron chi connectivity index (χ0n) is 10.5. The quantitative estimate of drug-likeness (QED) is 0.856. The number of carbonyl (C=O) groups is 1. The van der Waals surface area contributed by atoms with Gasteiger partial charge < -0.3 is 10.6 Å². The first-order valence-electron chi connectivity index (χ1n) is 6.24. The lowest BCUT2D eigenvalue weighted by atomic mass is 10.1. The lowest BCUT2D eigenvalue weighted by Gasteiger charge is -2.12. The summed E-state index contributed by atoms with van der Waals surface area (Å²) in [6.45, 7) is 0. The fourth-order valence-electron chi connectivity index (χ4n) is 2.26. The van der Waals surface area contributed by atoms with Gasteiger partial charge in [0.2, 0.25) is 5.91 Å². The second-order valence-electron chi connectivity index (χ2n) is 4.68. The van der Waals surface area contributed by atoms with E-state index < -0.39 is 0 Å². The Hall–Kier alpha value is -1.52. The van der Waals surface area contributed by atoms with Gasteiger partial charge in [-0.25, -0.2) is 0 Å². The molecule has 0 spiro atoms. The molecule has 102 valence electrons. The molecular formula is C15H12BrClN2O. The third-order valence-electron chi connectivity index (χ3n) is 3.27. The summed E-state index contributed by atoms with van der Waals surface area (Å²) in [5.74, 6) is -0.0559. The van der Waals surface area contributed by atoms with Crippen molar-refractivity contribution in [2.45, 2.75) is 12.5 Å². The van der Waals surface area contributed by atoms with Crippen LogP contribution in [0.2, 0.25) is 5.02 Å². The third-order valence-corrected chi connectivity index (χ3v) is 4.51. The summed E-state index contributed by atoms with van der Waals surface area (Å²) < 4.78 is 0.809. The Morgan fingerprint density at radius 2 is 2.10 bits per heavy atom. The van der Waals surface area contributed by atoms with E-state index in [1.165, 1.54) is 5.56 Å². The lowest BCUT2D eigenvalue weighted by Crippen LogP contribution is -2.32. The summed E-state index contributed by atoms with van der Waals surface area (Å²) in [5, 5.41) is 6.68. The molecule has 2 aromatic carbocycles. The molecule has 20 heavy (non-hydrogen) atoms. The number of hydrogen-bond acceptors (Lipinski definition) is 2. The molecule has 0 saturated heterocycles. The average molecular weight is 352 g/mol. The van der Waals surface area contributed by atoms with Crippen LogP contribution in [-0.4, -0.2) is 11.9 Å². The van der Waals surface area contributed by atoms with Crippen LogP contribution in [0.25, 0.3) is 0 Å². The standard InChI is InChI=1S/C15H12BrClN2O/c16-11-6-5-10(8-12(11)17)18-15(20)14-7-9-3-1-2-4-13(9)19-14/h1-6,8,14,19H,7H2,(H,18,20). The second kappa shape index (κ2) is 5.46. The maximum Gasteiger partial charge on any atom is 0.247 e. The van der Waals surface area contributed by atoms with E-state index in [2.05, 4.69) is 26.6 Å². The Balaban J connectivity index is 1.71. The fourth-order valence-corrected chi connectivity index (χ4v) is 2.69. The number of amides is 1. The monoisotopic (exact) mass is 350 g/mol. The van der Waals surface area contributed by atoms with Crippen LogP contribution in [0.5, 0.6) is 0 Å². The molecule has 0 bridgehead atoms. The van der Waals surface area contributed by atoms with Gasteiger partial charge in [0, 0.05) is 22.3 Å². The molecule has 1 heterocycles. The van der Waals surface area contributed by atoms with E-state index in [0.29, 0.717) is 17.1 Å². The molecule has 1 aliphatic rings. The first kappa shape index (κ1) is 13.5. The minimum atomic E-state index is -0.241. The van der Waals surface area contributed by atoms with Gasteiger partial charge in [-0.3, -0.25) is 4.79 Å². The van der Waals surface area contributed by atoms with Gasteiger partial charge in [0.15, 0.2) is 0 Å². The van der Waals surface area contributed by atoms with Crippen molar-refractivity contribution in [1.29, 1.82) is 0 Å². The molecule has 0 saturated carbocycles. The lowest BCUT2D eigenvalue weighted by molar-refractivity contribution is -0.116. The molecule has 5 heteroatoms. The molecule has 3 rings (SSSR count). The maximum absolute atomic E-state index is 12.3. The number of halogens is 2. The van der Waals surface area contributed by atoms with Crippen molar-refractivity contribution >= 4 is 44.8 Å². The first-order chi connectivity index (χ1) is 9.63. The van der Waals surface area contributed by atoms with E-state index >= 15 is 0 Å². The number of benzene rings is 2. The van der Waals surface area contributed by atoms with E-state index in [0.717, 1.165) is 10.2 Å². The number of carbonyl (C=O) groups excluding carboxylic acids is 1. The van der Waals surface area contributed by atoms with Crippen LogP contribution < -0.4 is 10.6 Å². The molecule has 2 N–H and O–H groups in total. The number of anilines is 2. The van der Waals surface area contributed by atoms with E-state index in [1.54, 1.807) is 6.07 Å². The van der Waals surface area contributed by atoms with Crippen molar-refractivity contribution in [1.82, 2.24) is 0 Å². The minimum absolute atomic E-state index is 0.0559. The zero-order valence-corrected chi connectivity index (χ0v) is 12.8. The Morgan fingerprint density at radius 1 is 1.30 bits per heavy atom. The second-order valence-corrected chi connectivity index (χ2v) is 5.94. The van der Waals surface area contributed by atoms with Crippen molar-refractivity contribution in [2.24, 2.45) is 0 Å². The van der Waals surface area contributed by atoms with Crippen molar-refractivity contribution in [2.75, 3.05) is 10.6 Å². The van der Waals surface area contributed by atoms with E-state index in [4.69, 9.17) is 11.6 Å². The first-order valence-corrected chi connectivity index (χ1v) is 7.41. The summed E-state index contributed by atoms with van der Waals surface area (Å²) in [6, 6.07) is 13.1. The normalized spacial score (nSPS) is 16.4. The van der Waals surface area contributed by atoms with Gasteiger partial charge in [-0.05, 0) is 45.8 Å². The smallest absolute Gasteiger partial charge is 0.247 e. The van der Waals surface area contributed by atoms with Gasteiger partial charge in [-0.1, -0.05) is 29.8 Å². The van der Waals surface area contributed by atoms with Gasteiger partial charge in [0.1, 0.15) is 6.04 Å². The van der Waals surface area contributed by atoms with Crippen LogP contribution in [0, 0.1) is 0 Å². The number of para-hydroxylation sites is 1. The zero-order chi connectivity index (χ0) is 14.1. The minimum Gasteiger partial charge on any atom is -0.373 e. The molecule has 1 atom stereocenters. The number of nitrogens with one attached hydrogen (secondary N) is 2. The van der Waals surface area contributed by atoms with Gasteiger partial charge in [0.05, 0.1) is 5.02 Å². The topological polar surface area (TPSA) is 41.1 Å². The van der Waals surface area contributed by atoms with Crippen LogP contribution in [0.1, 0.15) is 5.56 Å². The number of fused-ring (bicyclic) bond motifs is 1. The summed E-state index contributed by atoms with van der Waals surface area (Å²) in [4.78, 5) is 12.3. The average Bonchev–Trinajstić information content (AvgIpc) is 2.87. The molecule has 0 radical (unpaired) electrons. The molecule has 0 aromatic heterocycles. The van der Waals surface area contributed by atoms with Gasteiger partial charge >= 0.3 is 0 Å². The predicted molar refractivity (Wildman–Crippen MR) is 85.3 cm³/mol. The molecular weight excluding hydrogens is 340 g/mol. The van der Waals surface area contributed by atoms with E-state index in [1.807, 2.05) is 36.4 Å². The van der Waals surface area contributed by atoms with Crippen LogP contribution >= 0.6 is 27.5 Å². The predicted octanol–water partition coefficient (Wildman–Crippen LogP) is 4.08. The highest BCUT2D eigenvalue weighted by Gasteiger charge is 2.26. The molecule has 2 aromatic rings. The summed E-state index contributed by atoms with van der Waals surface area (Å²) in [5.41, 5.74) is 2.89. The molecule has 3 nitrogen and oxygen atoms in total. The highest BCUT2D eigenvalue weighted by molar-refractivity contribution is 9.10. The van der Waals surface area contributed by atoms with E-state index in [-0.39, 0.29) is 11.9 Å². The summed E-state index contributed by atoms with van der Waals surface area (Å²) in [7, 11) is 0. The Morgan fingerprint density at radius 3 is 2.85 bits per heavy atom. The fraction of sp³-hybridized carbons (Fsp3) is 0.133. The molecule has 0 fully saturated rings. The molecule has 1 amide bonds. The van der Waals surface area contributed by atoms with Crippen LogP contribution in [0.3, 0.4) is 0 Å². The van der Waals surface area contributed by atoms with Crippen molar-refractivity contribution in [3.63, 3.8) is 0 Å². The van der Waals surface area contributed by atoms with Crippen LogP contribution in [-0.2, 0) is 11.2 Å². The van der Waals surface area contributed by atoms with Gasteiger partial charge in [-0.2, -0.15) is 0 Å². The SMILES string of the molecule is O=C(Nc1ccc(Br)c(Cl)c1)C1Cc2ccccc2N1. The summed E-state index contributed by atoms with van der Waals surface area (Å²) in [6.07, 6.45) is 0.701. The van der Waals surface area contributed by atoms with Crippen LogP contribution in [0.15, 0.2) is 46.9 Å². The highest BCUT2D eigenvalue weighted by atomic mass is 79.9. The van der Waals surface area contributed by atoms with Crippen molar-refractivity contribution in [3.05, 3.63) is 57.5 Å². The number of rotatable bonds is 2. The molecule has 1 aliphatic heterocycles. The van der Waals surface area contributed by atoms with Gasteiger partial charge in [-0.15, -0.1) is 0 Å². The molecule has 0 aliphatic carbocycles. The van der Waals surface area contributed by atoms with Gasteiger partial charge in [0.25, 0.3) is 0 Å². The highest BCUT2D eigenvalue weighted by Crippen LogP contribution is 2.28. The maximum atomic E-state index is 12.3. The van der Waals surface area contributed by atoms with Crippen LogP contribution in [0.4, 0.5) is 11.4 Å². The van der Waals surface area contributed by atoms with Crippen molar-refractivity contribution in [3.8, 4) is 0 Å². The largest absolute Gasteiger partial charge is 0.373 e. The Labute approximate surface area is 130 Å². The summed E-state index contributed by atoms with van der Waals surface area (Å²) >= 11 is 9.34. The third kappa shape index (κ3) is 2.67. The Kier molecular flexibility index (Phi) is 3.68. The van der Waals surface area contributed by atoms with Crippen molar-refractivity contribution < 1.29 is 4.79 Å². The van der Waals surface area contributed by atoms with E-state index in [9.17, 15) is 4.79 Å². The number of hydrogen-bond donors (Lipinski definition) is 2. The Bertz CT molecular complexity index is 650.